The third kappa shape index (κ3) is 7.48. The van der Waals surface area contributed by atoms with Gasteiger partial charge in [-0.1, -0.05) is 12.1 Å². The molecule has 7 nitrogen and oxygen atoms in total. The number of rotatable bonds is 4. The highest BCUT2D eigenvalue weighted by atomic mass is 16.5. The molecule has 0 aromatic carbocycles. The first-order valence-corrected chi connectivity index (χ1v) is 4.81. The third-order valence-electron chi connectivity index (χ3n) is 1.37. The van der Waals surface area contributed by atoms with E-state index in [4.69, 9.17) is 5.11 Å². The first-order valence-electron chi connectivity index (χ1n) is 4.81. The van der Waals surface area contributed by atoms with Crippen LogP contribution in [0.15, 0.2) is 12.4 Å². The molecule has 1 N–H and O–H groups in total. The topological polar surface area (TPSA) is 94.3 Å². The number of ether oxygens (including phenoxy) is 1. The van der Waals surface area contributed by atoms with Crippen molar-refractivity contribution in [2.75, 3.05) is 6.61 Å². The van der Waals surface area contributed by atoms with Crippen LogP contribution in [0.25, 0.3) is 0 Å². The van der Waals surface area contributed by atoms with Crippen molar-refractivity contribution in [3.05, 3.63) is 12.4 Å². The van der Waals surface area contributed by atoms with Gasteiger partial charge < -0.3 is 9.84 Å². The van der Waals surface area contributed by atoms with Crippen molar-refractivity contribution in [1.29, 1.82) is 0 Å². The van der Waals surface area contributed by atoms with Crippen molar-refractivity contribution in [2.45, 2.75) is 26.8 Å². The lowest BCUT2D eigenvalue weighted by Crippen LogP contribution is -2.13. The molecular weight excluding hydrogens is 214 g/mol. The minimum absolute atomic E-state index is 0.133. The Hall–Kier alpha value is -1.92. The molecule has 90 valence electrons. The lowest BCUT2D eigenvalue weighted by Gasteiger charge is -1.99. The van der Waals surface area contributed by atoms with Gasteiger partial charge in [-0.05, 0) is 6.92 Å². The Balaban J connectivity index is 0.000000385. The molecule has 0 bridgehead atoms. The molecule has 0 amide bonds. The maximum absolute atomic E-state index is 10.8. The second kappa shape index (κ2) is 8.39. The van der Waals surface area contributed by atoms with E-state index in [1.165, 1.54) is 10.9 Å². The fraction of sp³-hybridized carbons (Fsp3) is 0.556. The van der Waals surface area contributed by atoms with E-state index in [1.807, 2.05) is 0 Å². The van der Waals surface area contributed by atoms with E-state index in [1.54, 1.807) is 20.0 Å². The molecule has 16 heavy (non-hydrogen) atoms. The van der Waals surface area contributed by atoms with Gasteiger partial charge in [-0.25, -0.2) is 4.68 Å². The van der Waals surface area contributed by atoms with Crippen LogP contribution >= 0.6 is 0 Å². The number of aliphatic carboxylic acids is 1. The molecule has 0 unspecified atom stereocenters. The van der Waals surface area contributed by atoms with Gasteiger partial charge >= 0.3 is 11.9 Å². The molecule has 0 spiro atoms. The largest absolute Gasteiger partial charge is 0.481 e. The second-order valence-electron chi connectivity index (χ2n) is 2.65. The zero-order chi connectivity index (χ0) is 12.4. The van der Waals surface area contributed by atoms with Gasteiger partial charge in [0.15, 0.2) is 0 Å². The summed E-state index contributed by atoms with van der Waals surface area (Å²) in [7, 11) is 0. The maximum Gasteiger partial charge on any atom is 0.327 e. The summed E-state index contributed by atoms with van der Waals surface area (Å²) in [4.78, 5) is 20.2. The molecule has 1 aromatic rings. The lowest BCUT2D eigenvalue weighted by molar-refractivity contribution is -0.144. The van der Waals surface area contributed by atoms with Gasteiger partial charge in [0.1, 0.15) is 6.54 Å². The molecule has 0 saturated carbocycles. The average Bonchev–Trinajstić information content (AvgIpc) is 2.71. The highest BCUT2D eigenvalue weighted by Crippen LogP contribution is 1.84. The van der Waals surface area contributed by atoms with Crippen LogP contribution in [0.4, 0.5) is 0 Å². The molecule has 0 aliphatic carbocycles. The Kier molecular flexibility index (Phi) is 7.39. The molecule has 0 atom stereocenters. The van der Waals surface area contributed by atoms with Crippen LogP contribution < -0.4 is 0 Å². The monoisotopic (exact) mass is 229 g/mol. The van der Waals surface area contributed by atoms with Gasteiger partial charge in [-0.2, -0.15) is 0 Å². The summed E-state index contributed by atoms with van der Waals surface area (Å²) in [6.07, 6.45) is 3.34. The number of hydrogen-bond donors (Lipinski definition) is 1. The quantitative estimate of drug-likeness (QED) is 0.747. The lowest BCUT2D eigenvalue weighted by atomic mass is 10.5. The summed E-state index contributed by atoms with van der Waals surface area (Å²) in [5, 5.41) is 14.9. The van der Waals surface area contributed by atoms with E-state index in [9.17, 15) is 9.59 Å². The van der Waals surface area contributed by atoms with Crippen molar-refractivity contribution < 1.29 is 19.4 Å². The Morgan fingerprint density at radius 3 is 2.44 bits per heavy atom. The number of carbonyl (C=O) groups is 2. The van der Waals surface area contributed by atoms with E-state index in [0.29, 0.717) is 6.61 Å². The number of nitrogens with zero attached hydrogens (tertiary/aromatic N) is 3. The smallest absolute Gasteiger partial charge is 0.327 e. The van der Waals surface area contributed by atoms with E-state index in [2.05, 4.69) is 15.0 Å². The SMILES string of the molecule is CCC(=O)O.CCOC(=O)Cn1ccnn1. The molecule has 0 saturated heterocycles. The zero-order valence-electron chi connectivity index (χ0n) is 9.29. The van der Waals surface area contributed by atoms with Gasteiger partial charge in [0.2, 0.25) is 0 Å². The van der Waals surface area contributed by atoms with Crippen molar-refractivity contribution in [3.8, 4) is 0 Å². The van der Waals surface area contributed by atoms with Crippen LogP contribution in [-0.4, -0.2) is 38.6 Å². The minimum Gasteiger partial charge on any atom is -0.481 e. The number of carboxylic acid groups (broad SMARTS) is 1. The molecule has 0 radical (unpaired) electrons. The predicted molar refractivity (Wildman–Crippen MR) is 54.6 cm³/mol. The Morgan fingerprint density at radius 2 is 2.06 bits per heavy atom. The number of hydrogen-bond acceptors (Lipinski definition) is 5. The molecule has 1 heterocycles. The van der Waals surface area contributed by atoms with Crippen LogP contribution in [0.3, 0.4) is 0 Å². The Morgan fingerprint density at radius 1 is 1.44 bits per heavy atom. The Labute approximate surface area is 93.0 Å². The summed E-state index contributed by atoms with van der Waals surface area (Å²) in [5.41, 5.74) is 0. The fourth-order valence-corrected chi connectivity index (χ4v) is 0.656. The minimum atomic E-state index is -0.745. The van der Waals surface area contributed by atoms with E-state index >= 15 is 0 Å². The standard InChI is InChI=1S/C6H9N3O2.C3H6O2/c1-2-11-6(10)5-9-4-3-7-8-9;1-2-3(4)5/h3-4H,2,5H2,1H3;2H2,1H3,(H,4,5). The Bertz CT molecular complexity index is 311. The second-order valence-corrected chi connectivity index (χ2v) is 2.65. The molecule has 1 rings (SSSR count). The number of carboxylic acids is 1. The predicted octanol–water partition coefficient (Wildman–Crippen LogP) is 0.322. The highest BCUT2D eigenvalue weighted by molar-refractivity contribution is 5.68. The van der Waals surface area contributed by atoms with Gasteiger partial charge in [-0.15, -0.1) is 5.10 Å². The van der Waals surface area contributed by atoms with E-state index in [0.717, 1.165) is 0 Å². The van der Waals surface area contributed by atoms with Crippen LogP contribution in [0.2, 0.25) is 0 Å². The number of carbonyl (C=O) groups excluding carboxylic acids is 1. The van der Waals surface area contributed by atoms with Crippen LogP contribution in [0.5, 0.6) is 0 Å². The van der Waals surface area contributed by atoms with Gasteiger partial charge in [-0.3, -0.25) is 9.59 Å². The van der Waals surface area contributed by atoms with E-state index in [-0.39, 0.29) is 18.9 Å². The normalized spacial score (nSPS) is 8.88. The first-order chi connectivity index (χ1) is 7.60. The molecule has 0 aliphatic heterocycles. The first kappa shape index (κ1) is 14.1. The van der Waals surface area contributed by atoms with E-state index < -0.39 is 5.97 Å². The van der Waals surface area contributed by atoms with Crippen LogP contribution in [-0.2, 0) is 20.9 Å². The molecule has 7 heteroatoms. The van der Waals surface area contributed by atoms with Gasteiger partial charge in [0, 0.05) is 12.6 Å². The van der Waals surface area contributed by atoms with Crippen molar-refractivity contribution in [1.82, 2.24) is 15.0 Å². The summed E-state index contributed by atoms with van der Waals surface area (Å²) in [6.45, 7) is 3.89. The summed E-state index contributed by atoms with van der Waals surface area (Å²) in [5.74, 6) is -1.04. The zero-order valence-corrected chi connectivity index (χ0v) is 9.29. The number of esters is 1. The molecular formula is C9H15N3O4. The van der Waals surface area contributed by atoms with Gasteiger partial charge in [0.05, 0.1) is 12.8 Å². The summed E-state index contributed by atoms with van der Waals surface area (Å²) < 4.78 is 6.10. The third-order valence-corrected chi connectivity index (χ3v) is 1.37. The van der Waals surface area contributed by atoms with Crippen LogP contribution in [0.1, 0.15) is 20.3 Å². The van der Waals surface area contributed by atoms with Crippen LogP contribution in [0, 0.1) is 0 Å². The highest BCUT2D eigenvalue weighted by Gasteiger charge is 2.01. The number of aromatic nitrogens is 3. The maximum atomic E-state index is 10.8. The van der Waals surface area contributed by atoms with Crippen molar-refractivity contribution in [3.63, 3.8) is 0 Å². The molecule has 1 aromatic heterocycles. The average molecular weight is 229 g/mol. The van der Waals surface area contributed by atoms with Crippen molar-refractivity contribution in [2.24, 2.45) is 0 Å². The summed E-state index contributed by atoms with van der Waals surface area (Å²) in [6, 6.07) is 0. The molecule has 0 fully saturated rings. The summed E-state index contributed by atoms with van der Waals surface area (Å²) >= 11 is 0. The molecule has 0 aliphatic rings. The van der Waals surface area contributed by atoms with Gasteiger partial charge in [0.25, 0.3) is 0 Å². The fourth-order valence-electron chi connectivity index (χ4n) is 0.656. The van der Waals surface area contributed by atoms with Crippen molar-refractivity contribution >= 4 is 11.9 Å².